The molecule has 5 heteroatoms. The third kappa shape index (κ3) is 6.17. The number of carbonyl (C=O) groups is 2. The summed E-state index contributed by atoms with van der Waals surface area (Å²) in [6.07, 6.45) is 5.54. The number of hydrogen-bond donors (Lipinski definition) is 2. The van der Waals surface area contributed by atoms with Crippen LogP contribution >= 0.6 is 11.6 Å². The van der Waals surface area contributed by atoms with Crippen LogP contribution in [0.1, 0.15) is 44.6 Å². The van der Waals surface area contributed by atoms with Crippen molar-refractivity contribution in [2.45, 2.75) is 46.0 Å². The fourth-order valence-electron chi connectivity index (χ4n) is 1.93. The monoisotopic (exact) mass is 310 g/mol. The van der Waals surface area contributed by atoms with Crippen LogP contribution < -0.4 is 10.6 Å². The first kappa shape index (κ1) is 17.5. The summed E-state index contributed by atoms with van der Waals surface area (Å²) in [5, 5.41) is 5.77. The number of carbonyl (C=O) groups excluding carboxylic acids is 2. The van der Waals surface area contributed by atoms with Crippen molar-refractivity contribution in [1.82, 2.24) is 5.32 Å². The predicted octanol–water partition coefficient (Wildman–Crippen LogP) is 3.67. The van der Waals surface area contributed by atoms with Crippen molar-refractivity contribution in [2.24, 2.45) is 0 Å². The molecule has 1 rings (SSSR count). The van der Waals surface area contributed by atoms with E-state index in [1.165, 1.54) is 19.3 Å². The molecule has 0 unspecified atom stereocenters. The zero-order valence-electron chi connectivity index (χ0n) is 12.7. The Kier molecular flexibility index (Phi) is 7.83. The molecule has 0 spiro atoms. The number of halogens is 1. The minimum atomic E-state index is -0.658. The maximum Gasteiger partial charge on any atom is 0.313 e. The number of rotatable bonds is 7. The van der Waals surface area contributed by atoms with Crippen LogP contribution in [0.15, 0.2) is 18.2 Å². The highest BCUT2D eigenvalue weighted by atomic mass is 35.5. The van der Waals surface area contributed by atoms with Gasteiger partial charge in [0.05, 0.1) is 0 Å². The van der Waals surface area contributed by atoms with Gasteiger partial charge < -0.3 is 10.6 Å². The number of hydrogen-bond acceptors (Lipinski definition) is 2. The van der Waals surface area contributed by atoms with Gasteiger partial charge in [-0.15, -0.1) is 0 Å². The molecule has 21 heavy (non-hydrogen) atoms. The molecule has 0 radical (unpaired) electrons. The molecule has 4 nitrogen and oxygen atoms in total. The average molecular weight is 311 g/mol. The van der Waals surface area contributed by atoms with Crippen LogP contribution in [0, 0.1) is 6.92 Å². The van der Waals surface area contributed by atoms with Gasteiger partial charge in [-0.2, -0.15) is 0 Å². The van der Waals surface area contributed by atoms with Crippen LogP contribution in [0.3, 0.4) is 0 Å². The number of unbranched alkanes of at least 4 members (excludes halogenated alkanes) is 4. The molecular formula is C16H23ClN2O2. The Morgan fingerprint density at radius 3 is 2.52 bits per heavy atom. The lowest BCUT2D eigenvalue weighted by Gasteiger charge is -2.09. The Bertz CT molecular complexity index is 489. The lowest BCUT2D eigenvalue weighted by molar-refractivity contribution is -0.136. The quantitative estimate of drug-likeness (QED) is 0.596. The summed E-state index contributed by atoms with van der Waals surface area (Å²) in [5.41, 5.74) is 1.31. The summed E-state index contributed by atoms with van der Waals surface area (Å²) in [6.45, 7) is 4.48. The van der Waals surface area contributed by atoms with Gasteiger partial charge in [0.1, 0.15) is 0 Å². The van der Waals surface area contributed by atoms with Gasteiger partial charge >= 0.3 is 11.8 Å². The molecule has 0 heterocycles. The zero-order valence-corrected chi connectivity index (χ0v) is 13.4. The smallest absolute Gasteiger partial charge is 0.313 e. The maximum absolute atomic E-state index is 11.8. The van der Waals surface area contributed by atoms with Crippen LogP contribution in [0.4, 0.5) is 5.69 Å². The lowest BCUT2D eigenvalue weighted by atomic mass is 10.1. The van der Waals surface area contributed by atoms with Crippen molar-refractivity contribution in [3.8, 4) is 0 Å². The Morgan fingerprint density at radius 2 is 1.81 bits per heavy atom. The van der Waals surface area contributed by atoms with E-state index in [1.807, 2.05) is 0 Å². The molecule has 0 bridgehead atoms. The highest BCUT2D eigenvalue weighted by molar-refractivity contribution is 6.40. The van der Waals surface area contributed by atoms with E-state index < -0.39 is 11.8 Å². The Hall–Kier alpha value is -1.55. The molecule has 0 saturated heterocycles. The fraction of sp³-hybridized carbons (Fsp3) is 0.500. The first-order chi connectivity index (χ1) is 10.1. The fourth-order valence-corrected chi connectivity index (χ4v) is 2.11. The molecule has 0 aliphatic rings. The van der Waals surface area contributed by atoms with E-state index in [-0.39, 0.29) is 0 Å². The average Bonchev–Trinajstić information content (AvgIpc) is 2.47. The lowest BCUT2D eigenvalue weighted by Crippen LogP contribution is -2.36. The second-order valence-corrected chi connectivity index (χ2v) is 5.44. The van der Waals surface area contributed by atoms with E-state index in [0.29, 0.717) is 17.3 Å². The highest BCUT2D eigenvalue weighted by Gasteiger charge is 2.14. The number of amides is 2. The molecule has 0 atom stereocenters. The van der Waals surface area contributed by atoms with Gasteiger partial charge in [0.15, 0.2) is 0 Å². The number of benzene rings is 1. The van der Waals surface area contributed by atoms with Gasteiger partial charge in [-0.25, -0.2) is 0 Å². The van der Waals surface area contributed by atoms with E-state index >= 15 is 0 Å². The van der Waals surface area contributed by atoms with E-state index in [0.717, 1.165) is 18.4 Å². The van der Waals surface area contributed by atoms with Crippen molar-refractivity contribution in [1.29, 1.82) is 0 Å². The molecule has 1 aromatic carbocycles. The molecule has 2 N–H and O–H groups in total. The van der Waals surface area contributed by atoms with Crippen molar-refractivity contribution in [3.63, 3.8) is 0 Å². The molecule has 0 fully saturated rings. The summed E-state index contributed by atoms with van der Waals surface area (Å²) in [7, 11) is 0. The minimum absolute atomic E-state index is 0.532. The summed E-state index contributed by atoms with van der Waals surface area (Å²) >= 11 is 5.97. The van der Waals surface area contributed by atoms with Crippen molar-refractivity contribution in [3.05, 3.63) is 28.8 Å². The van der Waals surface area contributed by atoms with Crippen LogP contribution in [0.5, 0.6) is 0 Å². The second-order valence-electron chi connectivity index (χ2n) is 5.04. The molecule has 0 saturated carbocycles. The van der Waals surface area contributed by atoms with Crippen LogP contribution in [0.2, 0.25) is 5.02 Å². The normalized spacial score (nSPS) is 10.2. The zero-order chi connectivity index (χ0) is 15.7. The predicted molar refractivity (Wildman–Crippen MR) is 86.6 cm³/mol. The van der Waals surface area contributed by atoms with Gasteiger partial charge in [-0.3, -0.25) is 9.59 Å². The van der Waals surface area contributed by atoms with Crippen molar-refractivity contribution in [2.75, 3.05) is 11.9 Å². The Morgan fingerprint density at radius 1 is 1.10 bits per heavy atom. The third-order valence-electron chi connectivity index (χ3n) is 3.29. The molecular weight excluding hydrogens is 288 g/mol. The van der Waals surface area contributed by atoms with Gasteiger partial charge in [0.25, 0.3) is 0 Å². The first-order valence-electron chi connectivity index (χ1n) is 7.40. The van der Waals surface area contributed by atoms with E-state index in [9.17, 15) is 9.59 Å². The van der Waals surface area contributed by atoms with Crippen LogP contribution in [0.25, 0.3) is 0 Å². The Balaban J connectivity index is 2.34. The summed E-state index contributed by atoms with van der Waals surface area (Å²) in [5.74, 6) is -1.27. The molecule has 0 aliphatic carbocycles. The SMILES string of the molecule is CCCCCCCNC(=O)C(=O)Nc1cccc(Cl)c1C. The van der Waals surface area contributed by atoms with Gasteiger partial charge in [-0.1, -0.05) is 50.3 Å². The van der Waals surface area contributed by atoms with Gasteiger partial charge in [0.2, 0.25) is 0 Å². The van der Waals surface area contributed by atoms with Crippen LogP contribution in [-0.2, 0) is 9.59 Å². The molecule has 2 amide bonds. The van der Waals surface area contributed by atoms with Crippen LogP contribution in [-0.4, -0.2) is 18.4 Å². The highest BCUT2D eigenvalue weighted by Crippen LogP contribution is 2.22. The third-order valence-corrected chi connectivity index (χ3v) is 3.70. The minimum Gasteiger partial charge on any atom is -0.348 e. The van der Waals surface area contributed by atoms with Gasteiger partial charge in [-0.05, 0) is 31.0 Å². The van der Waals surface area contributed by atoms with Crippen molar-refractivity contribution < 1.29 is 9.59 Å². The molecule has 0 aromatic heterocycles. The second kappa shape index (κ2) is 9.40. The summed E-state index contributed by atoms with van der Waals surface area (Å²) in [4.78, 5) is 23.5. The molecule has 116 valence electrons. The Labute approximate surface area is 131 Å². The molecule has 1 aromatic rings. The summed E-state index contributed by atoms with van der Waals surface area (Å²) < 4.78 is 0. The first-order valence-corrected chi connectivity index (χ1v) is 7.78. The summed E-state index contributed by atoms with van der Waals surface area (Å²) in [6, 6.07) is 5.19. The van der Waals surface area contributed by atoms with E-state index in [1.54, 1.807) is 25.1 Å². The topological polar surface area (TPSA) is 58.2 Å². The standard InChI is InChI=1S/C16H23ClN2O2/c1-3-4-5-6-7-11-18-15(20)16(21)19-14-10-8-9-13(17)12(14)2/h8-10H,3-7,11H2,1-2H3,(H,18,20)(H,19,21). The number of nitrogens with one attached hydrogen (secondary N) is 2. The number of anilines is 1. The maximum atomic E-state index is 11.8. The van der Waals surface area contributed by atoms with Crippen molar-refractivity contribution >= 4 is 29.1 Å². The molecule has 0 aliphatic heterocycles. The van der Waals surface area contributed by atoms with E-state index in [4.69, 9.17) is 11.6 Å². The van der Waals surface area contributed by atoms with Gasteiger partial charge in [0, 0.05) is 17.3 Å². The van der Waals surface area contributed by atoms with E-state index in [2.05, 4.69) is 17.6 Å². The largest absolute Gasteiger partial charge is 0.348 e.